The number of aromatic nitrogens is 4. The third-order valence-electron chi connectivity index (χ3n) is 5.15. The summed E-state index contributed by atoms with van der Waals surface area (Å²) in [6.07, 6.45) is 3.48. The van der Waals surface area contributed by atoms with Crippen LogP contribution in [-0.2, 0) is 13.1 Å². The molecule has 2 aromatic carbocycles. The van der Waals surface area contributed by atoms with Crippen LogP contribution in [0, 0.1) is 0 Å². The van der Waals surface area contributed by atoms with Gasteiger partial charge in [0.25, 0.3) is 11.8 Å². The minimum atomic E-state index is -0.304. The third kappa shape index (κ3) is 3.62. The van der Waals surface area contributed by atoms with E-state index in [1.807, 2.05) is 24.3 Å². The van der Waals surface area contributed by atoms with Gasteiger partial charge in [-0.1, -0.05) is 28.9 Å². The van der Waals surface area contributed by atoms with E-state index in [2.05, 4.69) is 20.6 Å². The van der Waals surface area contributed by atoms with E-state index in [9.17, 15) is 9.59 Å². The SMILES string of the molecule is O=C1c2ccccc2C(=O)N1Cc1cn(CCNc2ccnc3cc(Cl)ccc23)nn1. The molecule has 2 aromatic heterocycles. The molecule has 4 aromatic rings. The number of nitrogens with one attached hydrogen (secondary N) is 1. The molecule has 0 saturated carbocycles. The Morgan fingerprint density at radius 3 is 2.55 bits per heavy atom. The maximum atomic E-state index is 12.5. The molecule has 0 unspecified atom stereocenters. The molecule has 0 atom stereocenters. The third-order valence-corrected chi connectivity index (χ3v) is 5.38. The predicted molar refractivity (Wildman–Crippen MR) is 116 cm³/mol. The number of benzene rings is 2. The molecule has 8 nitrogen and oxygen atoms in total. The molecule has 1 aliphatic rings. The Bertz CT molecular complexity index is 1280. The van der Waals surface area contributed by atoms with Crippen molar-refractivity contribution in [1.29, 1.82) is 0 Å². The van der Waals surface area contributed by atoms with Crippen LogP contribution in [0.2, 0.25) is 5.02 Å². The first kappa shape index (κ1) is 19.2. The van der Waals surface area contributed by atoms with Gasteiger partial charge in [0.15, 0.2) is 0 Å². The second-order valence-electron chi connectivity index (χ2n) is 7.16. The van der Waals surface area contributed by atoms with E-state index >= 15 is 0 Å². The monoisotopic (exact) mass is 432 g/mol. The van der Waals surface area contributed by atoms with Gasteiger partial charge in [0, 0.05) is 28.8 Å². The van der Waals surface area contributed by atoms with Gasteiger partial charge in [-0.3, -0.25) is 24.2 Å². The topological polar surface area (TPSA) is 93.0 Å². The van der Waals surface area contributed by atoms with Crippen molar-refractivity contribution in [3.8, 4) is 0 Å². The van der Waals surface area contributed by atoms with Gasteiger partial charge in [-0.25, -0.2) is 0 Å². The van der Waals surface area contributed by atoms with Gasteiger partial charge in [0.2, 0.25) is 0 Å². The number of fused-ring (bicyclic) bond motifs is 2. The summed E-state index contributed by atoms with van der Waals surface area (Å²) in [4.78, 5) is 30.5. The van der Waals surface area contributed by atoms with Crippen molar-refractivity contribution in [2.45, 2.75) is 13.1 Å². The van der Waals surface area contributed by atoms with E-state index in [0.29, 0.717) is 34.9 Å². The van der Waals surface area contributed by atoms with Gasteiger partial charge in [-0.15, -0.1) is 5.10 Å². The van der Waals surface area contributed by atoms with Crippen LogP contribution in [0.1, 0.15) is 26.4 Å². The molecule has 0 fully saturated rings. The number of amides is 2. The van der Waals surface area contributed by atoms with Crippen LogP contribution in [0.25, 0.3) is 10.9 Å². The lowest BCUT2D eigenvalue weighted by atomic mass is 10.1. The highest BCUT2D eigenvalue weighted by atomic mass is 35.5. The number of hydrogen-bond donors (Lipinski definition) is 1. The molecular formula is C22H17ClN6O2. The van der Waals surface area contributed by atoms with Gasteiger partial charge in [0.05, 0.1) is 35.9 Å². The average molecular weight is 433 g/mol. The molecule has 154 valence electrons. The van der Waals surface area contributed by atoms with Crippen molar-refractivity contribution >= 4 is 40.0 Å². The van der Waals surface area contributed by atoms with E-state index in [1.54, 1.807) is 41.3 Å². The molecule has 1 N–H and O–H groups in total. The number of hydrogen-bond acceptors (Lipinski definition) is 6. The molecule has 0 aliphatic carbocycles. The summed E-state index contributed by atoms with van der Waals surface area (Å²) in [5, 5.41) is 13.2. The first-order valence-corrected chi connectivity index (χ1v) is 10.1. The maximum Gasteiger partial charge on any atom is 0.261 e. The highest BCUT2D eigenvalue weighted by Crippen LogP contribution is 2.25. The molecule has 0 bridgehead atoms. The molecule has 0 saturated heterocycles. The van der Waals surface area contributed by atoms with Crippen LogP contribution in [0.4, 0.5) is 5.69 Å². The highest BCUT2D eigenvalue weighted by molar-refractivity contribution is 6.31. The zero-order valence-corrected chi connectivity index (χ0v) is 17.1. The summed E-state index contributed by atoms with van der Waals surface area (Å²) in [7, 11) is 0. The molecule has 31 heavy (non-hydrogen) atoms. The van der Waals surface area contributed by atoms with Gasteiger partial charge in [-0.2, -0.15) is 0 Å². The number of carbonyl (C=O) groups excluding carboxylic acids is 2. The van der Waals surface area contributed by atoms with Crippen LogP contribution in [0.5, 0.6) is 0 Å². The fourth-order valence-corrected chi connectivity index (χ4v) is 3.81. The zero-order chi connectivity index (χ0) is 21.4. The second-order valence-corrected chi connectivity index (χ2v) is 7.60. The van der Waals surface area contributed by atoms with Crippen LogP contribution in [0.15, 0.2) is 60.9 Å². The van der Waals surface area contributed by atoms with Gasteiger partial charge in [-0.05, 0) is 36.4 Å². The Hall–Kier alpha value is -3.78. The molecular weight excluding hydrogens is 416 g/mol. The molecule has 0 radical (unpaired) electrons. The van der Waals surface area contributed by atoms with E-state index < -0.39 is 0 Å². The maximum absolute atomic E-state index is 12.5. The van der Waals surface area contributed by atoms with E-state index in [0.717, 1.165) is 16.6 Å². The predicted octanol–water partition coefficient (Wildman–Crippen LogP) is 3.39. The summed E-state index contributed by atoms with van der Waals surface area (Å²) >= 11 is 6.04. The second kappa shape index (κ2) is 7.81. The Labute approximate surface area is 182 Å². The van der Waals surface area contributed by atoms with Crippen LogP contribution < -0.4 is 5.32 Å². The van der Waals surface area contributed by atoms with Crippen molar-refractivity contribution < 1.29 is 9.59 Å². The standard InChI is InChI=1S/C22H17ClN6O2/c23-14-5-6-18-19(7-8-24-20(18)11-14)25-9-10-28-12-15(26-27-28)13-29-21(30)16-3-1-2-4-17(16)22(29)31/h1-8,11-12H,9-10,13H2,(H,24,25). The van der Waals surface area contributed by atoms with Crippen molar-refractivity contribution in [3.63, 3.8) is 0 Å². The quantitative estimate of drug-likeness (QED) is 0.469. The number of imide groups is 1. The zero-order valence-electron chi connectivity index (χ0n) is 16.3. The van der Waals surface area contributed by atoms with Gasteiger partial charge in [0.1, 0.15) is 5.69 Å². The fraction of sp³-hybridized carbons (Fsp3) is 0.136. The number of pyridine rings is 1. The number of halogens is 1. The molecule has 5 rings (SSSR count). The highest BCUT2D eigenvalue weighted by Gasteiger charge is 2.35. The van der Waals surface area contributed by atoms with Gasteiger partial charge >= 0.3 is 0 Å². The molecule has 2 amide bonds. The Morgan fingerprint density at radius 1 is 1.00 bits per heavy atom. The van der Waals surface area contributed by atoms with Crippen molar-refractivity contribution in [3.05, 3.63) is 82.8 Å². The number of rotatable bonds is 6. The van der Waals surface area contributed by atoms with E-state index in [4.69, 9.17) is 11.6 Å². The van der Waals surface area contributed by atoms with Crippen LogP contribution in [-0.4, -0.2) is 43.2 Å². The van der Waals surface area contributed by atoms with Crippen molar-refractivity contribution in [1.82, 2.24) is 24.9 Å². The number of anilines is 1. The smallest absolute Gasteiger partial charge is 0.261 e. The lowest BCUT2D eigenvalue weighted by Crippen LogP contribution is -2.29. The fourth-order valence-electron chi connectivity index (χ4n) is 3.65. The minimum absolute atomic E-state index is 0.0928. The van der Waals surface area contributed by atoms with Gasteiger partial charge < -0.3 is 5.32 Å². The Kier molecular flexibility index (Phi) is 4.83. The lowest BCUT2D eigenvalue weighted by Gasteiger charge is -2.11. The Morgan fingerprint density at radius 2 is 1.77 bits per heavy atom. The first-order valence-electron chi connectivity index (χ1n) is 9.72. The molecule has 1 aliphatic heterocycles. The number of nitrogens with zero attached hydrogens (tertiary/aromatic N) is 5. The largest absolute Gasteiger partial charge is 0.383 e. The van der Waals surface area contributed by atoms with E-state index in [1.165, 1.54) is 4.90 Å². The van der Waals surface area contributed by atoms with Crippen LogP contribution >= 0.6 is 11.6 Å². The summed E-state index contributed by atoms with van der Waals surface area (Å²) in [5.41, 5.74) is 3.18. The van der Waals surface area contributed by atoms with Crippen molar-refractivity contribution in [2.75, 3.05) is 11.9 Å². The van der Waals surface area contributed by atoms with Crippen molar-refractivity contribution in [2.24, 2.45) is 0 Å². The molecule has 9 heteroatoms. The minimum Gasteiger partial charge on any atom is -0.383 e. The molecule has 0 spiro atoms. The number of carbonyl (C=O) groups is 2. The van der Waals surface area contributed by atoms with Crippen LogP contribution in [0.3, 0.4) is 0 Å². The lowest BCUT2D eigenvalue weighted by molar-refractivity contribution is 0.0640. The first-order chi connectivity index (χ1) is 15.1. The Balaban J connectivity index is 1.22. The summed E-state index contributed by atoms with van der Waals surface area (Å²) in [5.74, 6) is -0.608. The average Bonchev–Trinajstić information content (AvgIpc) is 3.32. The normalized spacial score (nSPS) is 13.1. The van der Waals surface area contributed by atoms with E-state index in [-0.39, 0.29) is 18.4 Å². The molecule has 3 heterocycles. The summed E-state index contributed by atoms with van der Waals surface area (Å²) < 4.78 is 1.68. The summed E-state index contributed by atoms with van der Waals surface area (Å²) in [6, 6.07) is 14.3. The summed E-state index contributed by atoms with van der Waals surface area (Å²) in [6.45, 7) is 1.26.